The lowest BCUT2D eigenvalue weighted by atomic mass is 10.2. The minimum Gasteiger partial charge on any atom is -0.406 e. The summed E-state index contributed by atoms with van der Waals surface area (Å²) in [6, 6.07) is 9.06. The number of carbonyl (C=O) groups is 1. The van der Waals surface area contributed by atoms with Gasteiger partial charge in [-0.05, 0) is 30.7 Å². The fraction of sp³-hybridized carbons (Fsp3) is 0.188. The monoisotopic (exact) mass is 369 g/mol. The maximum atomic E-state index is 12.2. The van der Waals surface area contributed by atoms with Crippen LogP contribution in [-0.4, -0.2) is 23.7 Å². The van der Waals surface area contributed by atoms with E-state index in [0.717, 1.165) is 12.1 Å². The number of anilines is 2. The molecule has 0 saturated heterocycles. The molecular weight excluding hydrogens is 355 g/mol. The van der Waals surface area contributed by atoms with Crippen LogP contribution in [0.3, 0.4) is 0 Å². The summed E-state index contributed by atoms with van der Waals surface area (Å²) in [6.45, 7) is 1.39. The third-order valence-electron chi connectivity index (χ3n) is 3.22. The van der Waals surface area contributed by atoms with Gasteiger partial charge in [0.1, 0.15) is 5.75 Å². The molecule has 0 aliphatic rings. The van der Waals surface area contributed by atoms with E-state index in [2.05, 4.69) is 15.4 Å². The molecule has 0 saturated carbocycles. The average molecular weight is 369 g/mol. The summed E-state index contributed by atoms with van der Waals surface area (Å²) in [5.74, 6) is -0.877. The van der Waals surface area contributed by atoms with Gasteiger partial charge in [0.15, 0.2) is 0 Å². The highest BCUT2D eigenvalue weighted by Gasteiger charge is 2.31. The number of rotatable bonds is 6. The first-order valence-electron chi connectivity index (χ1n) is 7.28. The minimum atomic E-state index is -4.80. The van der Waals surface area contributed by atoms with Crippen LogP contribution in [0.2, 0.25) is 0 Å². The van der Waals surface area contributed by atoms with Crippen LogP contribution in [0, 0.1) is 17.0 Å². The summed E-state index contributed by atoms with van der Waals surface area (Å²) in [7, 11) is 0. The molecule has 2 aromatic carbocycles. The maximum absolute atomic E-state index is 12.2. The molecule has 2 rings (SSSR count). The van der Waals surface area contributed by atoms with E-state index in [0.29, 0.717) is 11.3 Å². The normalized spacial score (nSPS) is 10.9. The predicted molar refractivity (Wildman–Crippen MR) is 88.1 cm³/mol. The lowest BCUT2D eigenvalue weighted by Crippen LogP contribution is -2.22. The first-order valence-corrected chi connectivity index (χ1v) is 7.28. The van der Waals surface area contributed by atoms with Gasteiger partial charge >= 0.3 is 6.36 Å². The van der Waals surface area contributed by atoms with Gasteiger partial charge in [-0.2, -0.15) is 0 Å². The average Bonchev–Trinajstić information content (AvgIpc) is 2.53. The molecule has 0 aliphatic carbocycles. The molecule has 0 aliphatic heterocycles. The van der Waals surface area contributed by atoms with Crippen molar-refractivity contribution >= 4 is 23.0 Å². The molecule has 10 heteroatoms. The van der Waals surface area contributed by atoms with Gasteiger partial charge in [0.2, 0.25) is 5.91 Å². The largest absolute Gasteiger partial charge is 0.573 e. The second-order valence-electron chi connectivity index (χ2n) is 5.23. The van der Waals surface area contributed by atoms with E-state index in [1.54, 1.807) is 6.92 Å². The number of alkyl halides is 3. The standard InChI is InChI=1S/C16H14F3N3O4/c1-10-7-12(22(24)25)5-6-14(10)21-15(23)9-20-11-3-2-4-13(8-11)26-16(17,18)19/h2-8,20H,9H2,1H3,(H,21,23). The number of non-ortho nitro benzene ring substituents is 1. The van der Waals surface area contributed by atoms with E-state index in [1.165, 1.54) is 30.3 Å². The van der Waals surface area contributed by atoms with Crippen molar-refractivity contribution in [2.75, 3.05) is 17.2 Å². The van der Waals surface area contributed by atoms with E-state index in [1.807, 2.05) is 0 Å². The van der Waals surface area contributed by atoms with Gasteiger partial charge in [-0.25, -0.2) is 0 Å². The first kappa shape index (κ1) is 19.0. The number of nitro groups is 1. The SMILES string of the molecule is Cc1cc([N+](=O)[O-])ccc1NC(=O)CNc1cccc(OC(F)(F)F)c1. The highest BCUT2D eigenvalue weighted by molar-refractivity contribution is 5.94. The Balaban J connectivity index is 1.95. The molecule has 138 valence electrons. The Bertz CT molecular complexity index is 825. The Kier molecular flexibility index (Phi) is 5.65. The van der Waals surface area contributed by atoms with E-state index >= 15 is 0 Å². The molecule has 0 radical (unpaired) electrons. The lowest BCUT2D eigenvalue weighted by Gasteiger charge is -2.12. The van der Waals surface area contributed by atoms with Crippen LogP contribution in [0.5, 0.6) is 5.75 Å². The summed E-state index contributed by atoms with van der Waals surface area (Å²) in [4.78, 5) is 22.1. The van der Waals surface area contributed by atoms with Crippen molar-refractivity contribution in [2.24, 2.45) is 0 Å². The molecule has 7 nitrogen and oxygen atoms in total. The summed E-state index contributed by atoms with van der Waals surface area (Å²) in [6.07, 6.45) is -4.80. The van der Waals surface area contributed by atoms with Crippen molar-refractivity contribution in [1.82, 2.24) is 0 Å². The number of hydrogen-bond acceptors (Lipinski definition) is 5. The van der Waals surface area contributed by atoms with E-state index in [-0.39, 0.29) is 17.9 Å². The number of amides is 1. The molecule has 1 amide bonds. The van der Waals surface area contributed by atoms with Crippen LogP contribution >= 0.6 is 0 Å². The minimum absolute atomic E-state index is 0.0971. The van der Waals surface area contributed by atoms with Gasteiger partial charge in [0.05, 0.1) is 11.5 Å². The van der Waals surface area contributed by atoms with Crippen molar-refractivity contribution in [3.63, 3.8) is 0 Å². The van der Waals surface area contributed by atoms with Gasteiger partial charge in [-0.15, -0.1) is 13.2 Å². The predicted octanol–water partition coefficient (Wildman–Crippen LogP) is 3.85. The highest BCUT2D eigenvalue weighted by Crippen LogP contribution is 2.25. The molecule has 2 aromatic rings. The molecule has 0 aromatic heterocycles. The number of carbonyl (C=O) groups excluding carboxylic acids is 1. The second-order valence-corrected chi connectivity index (χ2v) is 5.23. The summed E-state index contributed by atoms with van der Waals surface area (Å²) >= 11 is 0. The first-order chi connectivity index (χ1) is 12.1. The molecule has 26 heavy (non-hydrogen) atoms. The number of hydrogen-bond donors (Lipinski definition) is 2. The van der Waals surface area contributed by atoms with Crippen LogP contribution < -0.4 is 15.4 Å². The van der Waals surface area contributed by atoms with Crippen molar-refractivity contribution in [2.45, 2.75) is 13.3 Å². The Labute approximate surface area is 145 Å². The quantitative estimate of drug-likeness (QED) is 0.596. The van der Waals surface area contributed by atoms with Crippen LogP contribution in [0.4, 0.5) is 30.2 Å². The zero-order valence-electron chi connectivity index (χ0n) is 13.5. The van der Waals surface area contributed by atoms with Gasteiger partial charge in [-0.1, -0.05) is 6.07 Å². The third kappa shape index (κ3) is 5.65. The molecule has 0 fully saturated rings. The Morgan fingerprint density at radius 3 is 2.58 bits per heavy atom. The number of nitrogens with one attached hydrogen (secondary N) is 2. The van der Waals surface area contributed by atoms with E-state index in [4.69, 9.17) is 0 Å². The second kappa shape index (κ2) is 7.72. The number of benzene rings is 2. The fourth-order valence-corrected chi connectivity index (χ4v) is 2.08. The van der Waals surface area contributed by atoms with Gasteiger partial charge < -0.3 is 15.4 Å². The lowest BCUT2D eigenvalue weighted by molar-refractivity contribution is -0.384. The third-order valence-corrected chi connectivity index (χ3v) is 3.22. The van der Waals surface area contributed by atoms with Crippen LogP contribution in [-0.2, 0) is 4.79 Å². The Hall–Kier alpha value is -3.30. The van der Waals surface area contributed by atoms with Crippen LogP contribution in [0.15, 0.2) is 42.5 Å². The molecule has 0 bridgehead atoms. The number of ether oxygens (including phenoxy) is 1. The number of halogens is 3. The fourth-order valence-electron chi connectivity index (χ4n) is 2.08. The van der Waals surface area contributed by atoms with E-state index < -0.39 is 22.9 Å². The van der Waals surface area contributed by atoms with Gasteiger partial charge in [0.25, 0.3) is 5.69 Å². The van der Waals surface area contributed by atoms with Crippen molar-refractivity contribution in [1.29, 1.82) is 0 Å². The van der Waals surface area contributed by atoms with Crippen LogP contribution in [0.1, 0.15) is 5.56 Å². The Morgan fingerprint density at radius 1 is 1.23 bits per heavy atom. The molecule has 0 heterocycles. The van der Waals surface area contributed by atoms with Gasteiger partial charge in [0, 0.05) is 29.6 Å². The van der Waals surface area contributed by atoms with Crippen molar-refractivity contribution in [3.8, 4) is 5.75 Å². The van der Waals surface area contributed by atoms with Crippen LogP contribution in [0.25, 0.3) is 0 Å². The Morgan fingerprint density at radius 2 is 1.96 bits per heavy atom. The van der Waals surface area contributed by atoms with Crippen molar-refractivity contribution in [3.05, 3.63) is 58.1 Å². The molecule has 0 spiro atoms. The maximum Gasteiger partial charge on any atom is 0.573 e. The number of nitrogens with zero attached hydrogens (tertiary/aromatic N) is 1. The molecule has 2 N–H and O–H groups in total. The summed E-state index contributed by atoms with van der Waals surface area (Å²) in [5, 5.41) is 15.9. The molecular formula is C16H14F3N3O4. The summed E-state index contributed by atoms with van der Waals surface area (Å²) in [5.41, 5.74) is 1.08. The topological polar surface area (TPSA) is 93.5 Å². The number of nitro benzene ring substituents is 1. The van der Waals surface area contributed by atoms with E-state index in [9.17, 15) is 28.1 Å². The smallest absolute Gasteiger partial charge is 0.406 e. The van der Waals surface area contributed by atoms with Gasteiger partial charge in [-0.3, -0.25) is 14.9 Å². The molecule has 0 unspecified atom stereocenters. The zero-order valence-corrected chi connectivity index (χ0v) is 13.5. The zero-order chi connectivity index (χ0) is 19.3. The van der Waals surface area contributed by atoms with Crippen molar-refractivity contribution < 1.29 is 27.6 Å². The summed E-state index contributed by atoms with van der Waals surface area (Å²) < 4.78 is 40.4. The number of aryl methyl sites for hydroxylation is 1. The highest BCUT2D eigenvalue weighted by atomic mass is 19.4. The molecule has 0 atom stereocenters.